The van der Waals surface area contributed by atoms with Gasteiger partial charge in [-0.3, -0.25) is 9.59 Å². The highest BCUT2D eigenvalue weighted by Crippen LogP contribution is 2.15. The molecule has 6 heteroatoms. The first-order valence-corrected chi connectivity index (χ1v) is 10.8. The number of quaternary nitrogens is 1. The zero-order chi connectivity index (χ0) is 20.9. The molecule has 2 heterocycles. The van der Waals surface area contributed by atoms with Crippen LogP contribution in [0.25, 0.3) is 16.5 Å². The first kappa shape index (κ1) is 20.3. The molecule has 2 N–H and O–H groups in total. The van der Waals surface area contributed by atoms with Crippen molar-refractivity contribution < 1.29 is 9.69 Å². The monoisotopic (exact) mass is 405 g/mol. The van der Waals surface area contributed by atoms with Crippen molar-refractivity contribution in [2.75, 3.05) is 26.2 Å². The first-order chi connectivity index (χ1) is 14.6. The normalized spacial score (nSPS) is 19.0. The third kappa shape index (κ3) is 4.44. The number of benzene rings is 2. The van der Waals surface area contributed by atoms with Gasteiger partial charge in [-0.15, -0.1) is 0 Å². The number of fused-ring (bicyclic) bond motifs is 1. The van der Waals surface area contributed by atoms with E-state index in [0.717, 1.165) is 18.9 Å². The maximum atomic E-state index is 13.0. The van der Waals surface area contributed by atoms with E-state index in [2.05, 4.69) is 17.3 Å². The van der Waals surface area contributed by atoms with Crippen molar-refractivity contribution >= 4 is 16.7 Å². The molecule has 0 bridgehead atoms. The van der Waals surface area contributed by atoms with E-state index in [9.17, 15) is 9.59 Å². The molecule has 30 heavy (non-hydrogen) atoms. The van der Waals surface area contributed by atoms with Crippen LogP contribution in [0.15, 0.2) is 59.4 Å². The van der Waals surface area contributed by atoms with Crippen LogP contribution < -0.4 is 15.8 Å². The van der Waals surface area contributed by atoms with Crippen LogP contribution in [-0.4, -0.2) is 41.9 Å². The molecule has 4 rings (SSSR count). The number of para-hydroxylation sites is 1. The molecule has 0 saturated carbocycles. The average molecular weight is 406 g/mol. The van der Waals surface area contributed by atoms with Crippen molar-refractivity contribution in [2.24, 2.45) is 5.92 Å². The molecule has 0 atom stereocenters. The number of rotatable bonds is 6. The van der Waals surface area contributed by atoms with Crippen LogP contribution in [0.3, 0.4) is 0 Å². The smallest absolute Gasteiger partial charge is 0.279 e. The molecule has 0 radical (unpaired) electrons. The van der Waals surface area contributed by atoms with Gasteiger partial charge in [0.25, 0.3) is 11.5 Å². The summed E-state index contributed by atoms with van der Waals surface area (Å²) in [6.45, 7) is 6.46. The number of aromatic nitrogens is 2. The summed E-state index contributed by atoms with van der Waals surface area (Å²) < 4.78 is 1.32. The zero-order valence-corrected chi connectivity index (χ0v) is 17.4. The minimum Gasteiger partial charge on any atom is -0.350 e. The van der Waals surface area contributed by atoms with Gasteiger partial charge in [-0.2, -0.15) is 9.78 Å². The van der Waals surface area contributed by atoms with E-state index in [1.165, 1.54) is 30.6 Å². The SMILES string of the molecule is CC1CC[NH+](CCCNC(=O)c2nn(-c3ccccc3)c(=O)c3ccccc23)CC1. The Hall–Kier alpha value is -2.99. The molecule has 0 spiro atoms. The van der Waals surface area contributed by atoms with E-state index in [0.29, 0.717) is 23.0 Å². The first-order valence-electron chi connectivity index (χ1n) is 10.8. The molecule has 156 valence electrons. The molecule has 1 fully saturated rings. The minimum absolute atomic E-state index is 0.226. The molecule has 1 aromatic heterocycles. The summed E-state index contributed by atoms with van der Waals surface area (Å²) in [6.07, 6.45) is 3.52. The maximum Gasteiger partial charge on any atom is 0.279 e. The summed E-state index contributed by atoms with van der Waals surface area (Å²) in [5.41, 5.74) is 0.703. The quantitative estimate of drug-likeness (QED) is 0.615. The van der Waals surface area contributed by atoms with Gasteiger partial charge in [0.1, 0.15) is 0 Å². The van der Waals surface area contributed by atoms with Gasteiger partial charge in [0, 0.05) is 18.4 Å². The minimum atomic E-state index is -0.238. The van der Waals surface area contributed by atoms with Gasteiger partial charge in [0.15, 0.2) is 5.69 Å². The lowest BCUT2D eigenvalue weighted by Gasteiger charge is -2.27. The second-order valence-corrected chi connectivity index (χ2v) is 8.24. The van der Waals surface area contributed by atoms with Gasteiger partial charge < -0.3 is 10.2 Å². The molecule has 1 saturated heterocycles. The molecule has 0 unspecified atom stereocenters. The van der Waals surface area contributed by atoms with E-state index in [-0.39, 0.29) is 17.2 Å². The van der Waals surface area contributed by atoms with Crippen molar-refractivity contribution in [3.8, 4) is 5.69 Å². The molecule has 1 amide bonds. The third-order valence-corrected chi connectivity index (χ3v) is 5.99. The van der Waals surface area contributed by atoms with Gasteiger partial charge in [-0.25, -0.2) is 0 Å². The van der Waals surface area contributed by atoms with Crippen LogP contribution in [0.4, 0.5) is 0 Å². The van der Waals surface area contributed by atoms with Gasteiger partial charge >= 0.3 is 0 Å². The van der Waals surface area contributed by atoms with Crippen molar-refractivity contribution in [2.45, 2.75) is 26.2 Å². The topological polar surface area (TPSA) is 68.4 Å². The lowest BCUT2D eigenvalue weighted by Crippen LogP contribution is -3.13. The van der Waals surface area contributed by atoms with Crippen molar-refractivity contribution in [1.82, 2.24) is 15.1 Å². The predicted molar refractivity (Wildman–Crippen MR) is 118 cm³/mol. The average Bonchev–Trinajstić information content (AvgIpc) is 2.79. The molecule has 0 aliphatic carbocycles. The highest BCUT2D eigenvalue weighted by molar-refractivity contribution is 6.04. The number of likely N-dealkylation sites (tertiary alicyclic amines) is 1. The van der Waals surface area contributed by atoms with Crippen LogP contribution in [0, 0.1) is 5.92 Å². The molecule has 1 aliphatic rings. The lowest BCUT2D eigenvalue weighted by molar-refractivity contribution is -0.906. The zero-order valence-electron chi connectivity index (χ0n) is 17.4. The number of hydrogen-bond donors (Lipinski definition) is 2. The Morgan fingerprint density at radius 1 is 1.07 bits per heavy atom. The lowest BCUT2D eigenvalue weighted by atomic mass is 9.99. The Morgan fingerprint density at radius 2 is 1.73 bits per heavy atom. The molecule has 6 nitrogen and oxygen atoms in total. The fourth-order valence-corrected chi connectivity index (χ4v) is 4.15. The maximum absolute atomic E-state index is 13.0. The summed E-state index contributed by atoms with van der Waals surface area (Å²) in [5, 5.41) is 8.52. The van der Waals surface area contributed by atoms with Gasteiger partial charge in [-0.1, -0.05) is 43.3 Å². The summed E-state index contributed by atoms with van der Waals surface area (Å²) in [5.74, 6) is 0.603. The number of carbonyl (C=O) groups is 1. The van der Waals surface area contributed by atoms with Crippen LogP contribution in [0.2, 0.25) is 0 Å². The standard InChI is InChI=1S/C24H28N4O2/c1-18-12-16-27(17-13-18)15-7-14-25-23(29)22-20-10-5-6-11-21(20)24(30)28(26-22)19-8-3-2-4-9-19/h2-6,8-11,18H,7,12-17H2,1H3,(H,25,29)/p+1. The van der Waals surface area contributed by atoms with E-state index in [1.807, 2.05) is 42.5 Å². The second-order valence-electron chi connectivity index (χ2n) is 8.24. The molecule has 3 aromatic rings. The number of hydrogen-bond acceptors (Lipinski definition) is 3. The van der Waals surface area contributed by atoms with Gasteiger partial charge in [0.05, 0.1) is 30.7 Å². The van der Waals surface area contributed by atoms with Crippen molar-refractivity contribution in [1.29, 1.82) is 0 Å². The van der Waals surface area contributed by atoms with E-state index >= 15 is 0 Å². The van der Waals surface area contributed by atoms with Gasteiger partial charge in [0.2, 0.25) is 0 Å². The number of piperidine rings is 1. The summed E-state index contributed by atoms with van der Waals surface area (Å²) in [6, 6.07) is 16.4. The van der Waals surface area contributed by atoms with Crippen LogP contribution in [0.1, 0.15) is 36.7 Å². The van der Waals surface area contributed by atoms with Crippen molar-refractivity contribution in [3.63, 3.8) is 0 Å². The van der Waals surface area contributed by atoms with E-state index in [1.54, 1.807) is 17.0 Å². The number of nitrogens with one attached hydrogen (secondary N) is 2. The van der Waals surface area contributed by atoms with E-state index in [4.69, 9.17) is 0 Å². The number of nitrogens with zero attached hydrogens (tertiary/aromatic N) is 2. The Bertz CT molecular complexity index is 1070. The largest absolute Gasteiger partial charge is 0.350 e. The number of amides is 1. The van der Waals surface area contributed by atoms with Gasteiger partial charge in [-0.05, 0) is 37.0 Å². The molecular weight excluding hydrogens is 376 g/mol. The van der Waals surface area contributed by atoms with Crippen LogP contribution in [0.5, 0.6) is 0 Å². The summed E-state index contributed by atoms with van der Waals surface area (Å²) in [4.78, 5) is 27.5. The highest BCUT2D eigenvalue weighted by Gasteiger charge is 2.19. The Labute approximate surface area is 176 Å². The molecule has 1 aliphatic heterocycles. The highest BCUT2D eigenvalue weighted by atomic mass is 16.2. The fourth-order valence-electron chi connectivity index (χ4n) is 4.15. The fraction of sp³-hybridized carbons (Fsp3) is 0.375. The number of carbonyl (C=O) groups excluding carboxylic acids is 1. The summed E-state index contributed by atoms with van der Waals surface area (Å²) >= 11 is 0. The Morgan fingerprint density at radius 3 is 2.47 bits per heavy atom. The predicted octanol–water partition coefficient (Wildman–Crippen LogP) is 1.82. The second kappa shape index (κ2) is 9.22. The van der Waals surface area contributed by atoms with E-state index < -0.39 is 0 Å². The molecular formula is C24H29N4O2+. The Kier molecular flexibility index (Phi) is 6.23. The summed E-state index contributed by atoms with van der Waals surface area (Å²) in [7, 11) is 0. The van der Waals surface area contributed by atoms with Crippen LogP contribution >= 0.6 is 0 Å². The van der Waals surface area contributed by atoms with Crippen molar-refractivity contribution in [3.05, 3.63) is 70.6 Å². The Balaban J connectivity index is 1.51. The van der Waals surface area contributed by atoms with Crippen LogP contribution in [-0.2, 0) is 0 Å². The third-order valence-electron chi connectivity index (χ3n) is 5.99. The molecule has 2 aromatic carbocycles.